The summed E-state index contributed by atoms with van der Waals surface area (Å²) < 4.78 is 10.9. The van der Waals surface area contributed by atoms with Crippen LogP contribution >= 0.6 is 11.3 Å². The molecule has 2 rings (SSSR count). The molecule has 0 atom stereocenters. The maximum Gasteiger partial charge on any atom is 0.347 e. The number of hydrogen-bond acceptors (Lipinski definition) is 5. The van der Waals surface area contributed by atoms with Gasteiger partial charge in [0, 0.05) is 6.42 Å². The lowest BCUT2D eigenvalue weighted by atomic mass is 10.3. The lowest BCUT2D eigenvalue weighted by Crippen LogP contribution is -2.01. The fourth-order valence-corrected chi connectivity index (χ4v) is 2.32. The van der Waals surface area contributed by atoms with E-state index in [-0.39, 0.29) is 4.88 Å². The maximum absolute atomic E-state index is 10.7. The van der Waals surface area contributed by atoms with E-state index in [0.717, 1.165) is 16.5 Å². The lowest BCUT2D eigenvalue weighted by molar-refractivity contribution is 0.0702. The van der Waals surface area contributed by atoms with Crippen molar-refractivity contribution in [3.05, 3.63) is 40.3 Å². The Morgan fingerprint density at radius 1 is 1.25 bits per heavy atom. The van der Waals surface area contributed by atoms with E-state index in [4.69, 9.17) is 14.6 Å². The van der Waals surface area contributed by atoms with Crippen LogP contribution in [-0.4, -0.2) is 29.3 Å². The minimum absolute atomic E-state index is 0.251. The van der Waals surface area contributed by atoms with Crippen molar-refractivity contribution in [1.82, 2.24) is 4.98 Å². The molecule has 0 aliphatic heterocycles. The third-order valence-corrected chi connectivity index (χ3v) is 3.53. The summed E-state index contributed by atoms with van der Waals surface area (Å²) in [7, 11) is 0. The normalized spacial score (nSPS) is 10.2. The Kier molecular flexibility index (Phi) is 4.95. The van der Waals surface area contributed by atoms with Crippen molar-refractivity contribution in [2.45, 2.75) is 13.3 Å². The number of carboxylic acids is 1. The fourth-order valence-electron chi connectivity index (χ4n) is 1.58. The fraction of sp³-hybridized carbons (Fsp3) is 0.286. The molecule has 0 spiro atoms. The van der Waals surface area contributed by atoms with Crippen molar-refractivity contribution in [2.75, 3.05) is 13.2 Å². The molecule has 0 amide bonds. The van der Waals surface area contributed by atoms with E-state index in [1.807, 2.05) is 31.2 Å². The summed E-state index contributed by atoms with van der Waals surface area (Å²) in [5.74, 6) is 0.621. The first-order valence-electron chi connectivity index (χ1n) is 6.22. The topological polar surface area (TPSA) is 68.7 Å². The standard InChI is InChI=1S/C14H15NO4S/c1-2-18-10-3-5-11(6-4-10)19-8-7-13-15-9-12(20-13)14(16)17/h3-6,9H,2,7-8H2,1H3,(H,16,17). The number of rotatable bonds is 7. The largest absolute Gasteiger partial charge is 0.494 e. The molecule has 0 fully saturated rings. The molecule has 106 valence electrons. The van der Waals surface area contributed by atoms with Crippen LogP contribution in [0, 0.1) is 0 Å². The summed E-state index contributed by atoms with van der Waals surface area (Å²) in [6.07, 6.45) is 1.96. The molecule has 1 aromatic heterocycles. The van der Waals surface area contributed by atoms with Gasteiger partial charge in [-0.15, -0.1) is 11.3 Å². The summed E-state index contributed by atoms with van der Waals surface area (Å²) >= 11 is 1.17. The van der Waals surface area contributed by atoms with Crippen molar-refractivity contribution >= 4 is 17.3 Å². The van der Waals surface area contributed by atoms with Gasteiger partial charge in [0.15, 0.2) is 0 Å². The van der Waals surface area contributed by atoms with Crippen LogP contribution in [0.25, 0.3) is 0 Å². The molecule has 0 bridgehead atoms. The molecule has 0 aliphatic rings. The van der Waals surface area contributed by atoms with Crippen LogP contribution in [0.5, 0.6) is 11.5 Å². The Morgan fingerprint density at radius 2 is 1.90 bits per heavy atom. The Labute approximate surface area is 120 Å². The van der Waals surface area contributed by atoms with Crippen molar-refractivity contribution in [1.29, 1.82) is 0 Å². The molecule has 0 aliphatic carbocycles. The van der Waals surface area contributed by atoms with Gasteiger partial charge >= 0.3 is 5.97 Å². The van der Waals surface area contributed by atoms with E-state index in [1.54, 1.807) is 0 Å². The van der Waals surface area contributed by atoms with Crippen LogP contribution in [0.1, 0.15) is 21.6 Å². The van der Waals surface area contributed by atoms with E-state index in [9.17, 15) is 4.79 Å². The lowest BCUT2D eigenvalue weighted by Gasteiger charge is -2.06. The Morgan fingerprint density at radius 3 is 2.45 bits per heavy atom. The van der Waals surface area contributed by atoms with Crippen molar-refractivity contribution < 1.29 is 19.4 Å². The van der Waals surface area contributed by atoms with Crippen molar-refractivity contribution in [2.24, 2.45) is 0 Å². The number of carboxylic acid groups (broad SMARTS) is 1. The van der Waals surface area contributed by atoms with Crippen molar-refractivity contribution in [3.63, 3.8) is 0 Å². The van der Waals surface area contributed by atoms with Gasteiger partial charge in [0.05, 0.1) is 24.4 Å². The highest BCUT2D eigenvalue weighted by molar-refractivity contribution is 7.13. The summed E-state index contributed by atoms with van der Waals surface area (Å²) in [5.41, 5.74) is 0. The van der Waals surface area contributed by atoms with Gasteiger partial charge in [-0.05, 0) is 31.2 Å². The number of hydrogen-bond donors (Lipinski definition) is 1. The Hall–Kier alpha value is -2.08. The molecule has 6 heteroatoms. The average molecular weight is 293 g/mol. The number of aromatic nitrogens is 1. The van der Waals surface area contributed by atoms with E-state index < -0.39 is 5.97 Å². The highest BCUT2D eigenvalue weighted by atomic mass is 32.1. The number of aromatic carboxylic acids is 1. The predicted octanol–water partition coefficient (Wildman–Crippen LogP) is 2.86. The zero-order valence-electron chi connectivity index (χ0n) is 11.0. The summed E-state index contributed by atoms with van der Waals surface area (Å²) in [4.78, 5) is 15.0. The van der Waals surface area contributed by atoms with Crippen LogP contribution in [0.15, 0.2) is 30.5 Å². The number of nitrogens with zero attached hydrogens (tertiary/aromatic N) is 1. The van der Waals surface area contributed by atoms with Crippen molar-refractivity contribution in [3.8, 4) is 11.5 Å². The SMILES string of the molecule is CCOc1ccc(OCCc2ncc(C(=O)O)s2)cc1. The first-order valence-corrected chi connectivity index (χ1v) is 7.04. The number of ether oxygens (including phenoxy) is 2. The van der Waals surface area contributed by atoms with Gasteiger partial charge in [-0.3, -0.25) is 0 Å². The summed E-state index contributed by atoms with van der Waals surface area (Å²) in [6.45, 7) is 3.03. The monoisotopic (exact) mass is 293 g/mol. The second kappa shape index (κ2) is 6.91. The van der Waals surface area contributed by atoms with E-state index in [1.165, 1.54) is 17.5 Å². The van der Waals surface area contributed by atoms with Gasteiger partial charge in [0.1, 0.15) is 16.4 Å². The molecule has 0 unspecified atom stereocenters. The van der Waals surface area contributed by atoms with Gasteiger partial charge in [0.2, 0.25) is 0 Å². The molecule has 20 heavy (non-hydrogen) atoms. The zero-order chi connectivity index (χ0) is 14.4. The third-order valence-electron chi connectivity index (χ3n) is 2.48. The molecule has 1 heterocycles. The summed E-state index contributed by atoms with van der Waals surface area (Å²) in [6, 6.07) is 7.39. The molecule has 2 aromatic rings. The summed E-state index contributed by atoms with van der Waals surface area (Å²) in [5, 5.41) is 9.56. The zero-order valence-corrected chi connectivity index (χ0v) is 11.9. The maximum atomic E-state index is 10.7. The minimum atomic E-state index is -0.943. The molecular weight excluding hydrogens is 278 g/mol. The number of carbonyl (C=O) groups is 1. The molecule has 1 aromatic carbocycles. The Balaban J connectivity index is 1.81. The Bertz CT molecular complexity index is 565. The third kappa shape index (κ3) is 3.96. The number of thiazole rings is 1. The number of benzene rings is 1. The molecule has 5 nitrogen and oxygen atoms in total. The van der Waals surface area contributed by atoms with Crippen LogP contribution in [0.3, 0.4) is 0 Å². The highest BCUT2D eigenvalue weighted by Gasteiger charge is 2.08. The first-order chi connectivity index (χ1) is 9.69. The van der Waals surface area contributed by atoms with E-state index in [0.29, 0.717) is 19.6 Å². The molecular formula is C14H15NO4S. The van der Waals surface area contributed by atoms with Crippen LogP contribution in [0.2, 0.25) is 0 Å². The first kappa shape index (κ1) is 14.3. The van der Waals surface area contributed by atoms with Crippen LogP contribution < -0.4 is 9.47 Å². The second-order valence-electron chi connectivity index (χ2n) is 3.93. The van der Waals surface area contributed by atoms with E-state index >= 15 is 0 Å². The van der Waals surface area contributed by atoms with Crippen LogP contribution in [-0.2, 0) is 6.42 Å². The molecule has 0 saturated heterocycles. The average Bonchev–Trinajstić information content (AvgIpc) is 2.90. The van der Waals surface area contributed by atoms with E-state index in [2.05, 4.69) is 4.98 Å². The highest BCUT2D eigenvalue weighted by Crippen LogP contribution is 2.18. The van der Waals surface area contributed by atoms with Crippen LogP contribution in [0.4, 0.5) is 0 Å². The van der Waals surface area contributed by atoms with Gasteiger partial charge in [-0.25, -0.2) is 9.78 Å². The minimum Gasteiger partial charge on any atom is -0.494 e. The second-order valence-corrected chi connectivity index (χ2v) is 5.04. The molecule has 0 saturated carbocycles. The molecule has 0 radical (unpaired) electrons. The quantitative estimate of drug-likeness (QED) is 0.850. The van der Waals surface area contributed by atoms with Gasteiger partial charge in [-0.1, -0.05) is 0 Å². The van der Waals surface area contributed by atoms with Gasteiger partial charge < -0.3 is 14.6 Å². The predicted molar refractivity (Wildman–Crippen MR) is 75.9 cm³/mol. The van der Waals surface area contributed by atoms with Gasteiger partial charge in [0.25, 0.3) is 0 Å². The smallest absolute Gasteiger partial charge is 0.347 e. The van der Waals surface area contributed by atoms with Gasteiger partial charge in [-0.2, -0.15) is 0 Å². The molecule has 1 N–H and O–H groups in total.